The number of hydrogen-bond donors (Lipinski definition) is 1. The van der Waals surface area contributed by atoms with Gasteiger partial charge in [-0.1, -0.05) is 6.07 Å². The Bertz CT molecular complexity index is 1090. The van der Waals surface area contributed by atoms with Crippen LogP contribution in [0.5, 0.6) is 0 Å². The van der Waals surface area contributed by atoms with Gasteiger partial charge in [-0.15, -0.1) is 0 Å². The maximum absolute atomic E-state index is 4.71. The molecule has 0 aliphatic carbocycles. The highest BCUT2D eigenvalue weighted by Crippen LogP contribution is 2.31. The summed E-state index contributed by atoms with van der Waals surface area (Å²) in [6.45, 7) is 4.03. The van der Waals surface area contributed by atoms with Gasteiger partial charge in [0.1, 0.15) is 5.82 Å². The molecule has 1 aliphatic rings. The molecule has 1 N–H and O–H groups in total. The minimum atomic E-state index is 0.989. The van der Waals surface area contributed by atoms with E-state index in [0.29, 0.717) is 0 Å². The lowest BCUT2D eigenvalue weighted by molar-refractivity contribution is 0.585. The first-order valence-electron chi connectivity index (χ1n) is 9.60. The standard InChI is InChI=1S/C23H21N5/c1-3-22-21(20(7-10-26-22)17-5-8-24-9-6-17)15-18(1)19-2-4-23(27-16-19)28-13-11-25-12-14-28/h1-10,15-16,25H,11-14H2. The van der Waals surface area contributed by atoms with Crippen LogP contribution in [0.25, 0.3) is 33.2 Å². The molecule has 5 nitrogen and oxygen atoms in total. The Morgan fingerprint density at radius 3 is 2.36 bits per heavy atom. The van der Waals surface area contributed by atoms with Crippen LogP contribution >= 0.6 is 0 Å². The molecule has 3 aromatic heterocycles. The van der Waals surface area contributed by atoms with Crippen LogP contribution in [0.1, 0.15) is 0 Å². The molecule has 0 saturated carbocycles. The molecule has 28 heavy (non-hydrogen) atoms. The Balaban J connectivity index is 1.52. The van der Waals surface area contributed by atoms with Gasteiger partial charge in [0.05, 0.1) is 5.52 Å². The molecular weight excluding hydrogens is 346 g/mol. The van der Waals surface area contributed by atoms with Crippen LogP contribution in [0.4, 0.5) is 5.82 Å². The molecule has 4 aromatic rings. The van der Waals surface area contributed by atoms with Crippen molar-refractivity contribution in [1.82, 2.24) is 20.3 Å². The zero-order chi connectivity index (χ0) is 18.8. The molecule has 1 aromatic carbocycles. The predicted octanol–water partition coefficient (Wildman–Crippen LogP) is 3.77. The van der Waals surface area contributed by atoms with Crippen LogP contribution in [0, 0.1) is 0 Å². The number of aromatic nitrogens is 3. The largest absolute Gasteiger partial charge is 0.354 e. The third-order valence-electron chi connectivity index (χ3n) is 5.26. The first-order valence-corrected chi connectivity index (χ1v) is 9.60. The first kappa shape index (κ1) is 16.8. The number of rotatable bonds is 3. The van der Waals surface area contributed by atoms with Gasteiger partial charge in [0.25, 0.3) is 0 Å². The molecule has 5 heteroatoms. The summed E-state index contributed by atoms with van der Waals surface area (Å²) in [5, 5.41) is 4.51. The van der Waals surface area contributed by atoms with E-state index >= 15 is 0 Å². The van der Waals surface area contributed by atoms with E-state index in [9.17, 15) is 0 Å². The van der Waals surface area contributed by atoms with Gasteiger partial charge in [0.15, 0.2) is 0 Å². The summed E-state index contributed by atoms with van der Waals surface area (Å²) < 4.78 is 0. The third kappa shape index (κ3) is 3.21. The lowest BCUT2D eigenvalue weighted by Gasteiger charge is -2.28. The maximum Gasteiger partial charge on any atom is 0.128 e. The summed E-state index contributed by atoms with van der Waals surface area (Å²) in [6.07, 6.45) is 7.48. The maximum atomic E-state index is 4.71. The smallest absolute Gasteiger partial charge is 0.128 e. The molecule has 0 bridgehead atoms. The molecule has 5 rings (SSSR count). The van der Waals surface area contributed by atoms with Crippen molar-refractivity contribution in [3.63, 3.8) is 0 Å². The number of benzene rings is 1. The number of nitrogens with zero attached hydrogens (tertiary/aromatic N) is 4. The zero-order valence-corrected chi connectivity index (χ0v) is 15.5. The molecule has 138 valence electrons. The second-order valence-corrected chi connectivity index (χ2v) is 6.97. The third-order valence-corrected chi connectivity index (χ3v) is 5.26. The van der Waals surface area contributed by atoms with E-state index in [4.69, 9.17) is 4.98 Å². The normalized spacial score (nSPS) is 14.4. The van der Waals surface area contributed by atoms with Crippen molar-refractivity contribution in [1.29, 1.82) is 0 Å². The van der Waals surface area contributed by atoms with Gasteiger partial charge in [-0.2, -0.15) is 0 Å². The molecule has 1 saturated heterocycles. The summed E-state index contributed by atoms with van der Waals surface area (Å²) in [6, 6.07) is 16.8. The van der Waals surface area contributed by atoms with Crippen LogP contribution < -0.4 is 10.2 Å². The number of hydrogen-bond acceptors (Lipinski definition) is 5. The lowest BCUT2D eigenvalue weighted by Crippen LogP contribution is -2.43. The number of piperazine rings is 1. The monoisotopic (exact) mass is 367 g/mol. The topological polar surface area (TPSA) is 53.9 Å². The quantitative estimate of drug-likeness (QED) is 0.597. The second-order valence-electron chi connectivity index (χ2n) is 6.97. The van der Waals surface area contributed by atoms with Crippen LogP contribution in [0.3, 0.4) is 0 Å². The molecule has 4 heterocycles. The molecule has 0 atom stereocenters. The fourth-order valence-electron chi connectivity index (χ4n) is 3.75. The molecule has 1 fully saturated rings. The van der Waals surface area contributed by atoms with Crippen molar-refractivity contribution in [3.05, 3.63) is 73.3 Å². The number of fused-ring (bicyclic) bond motifs is 1. The van der Waals surface area contributed by atoms with Crippen molar-refractivity contribution in [2.45, 2.75) is 0 Å². The average Bonchev–Trinajstić information content (AvgIpc) is 2.79. The SMILES string of the molecule is c1cc(-c2ccnc3ccc(-c4ccc(N5CCNCC5)nc4)cc23)ccn1. The van der Waals surface area contributed by atoms with E-state index in [1.54, 1.807) is 0 Å². The Labute approximate surface area is 164 Å². The summed E-state index contributed by atoms with van der Waals surface area (Å²) in [7, 11) is 0. The Morgan fingerprint density at radius 1 is 0.750 bits per heavy atom. The van der Waals surface area contributed by atoms with E-state index in [1.807, 2.05) is 36.9 Å². The van der Waals surface area contributed by atoms with Crippen LogP contribution in [0.2, 0.25) is 0 Å². The van der Waals surface area contributed by atoms with E-state index in [-0.39, 0.29) is 0 Å². The van der Waals surface area contributed by atoms with Gasteiger partial charge in [0, 0.05) is 61.9 Å². The highest BCUT2D eigenvalue weighted by atomic mass is 15.2. The van der Waals surface area contributed by atoms with Gasteiger partial charge in [-0.3, -0.25) is 9.97 Å². The van der Waals surface area contributed by atoms with Crippen molar-refractivity contribution in [2.24, 2.45) is 0 Å². The predicted molar refractivity (Wildman–Crippen MR) is 113 cm³/mol. The highest BCUT2D eigenvalue weighted by Gasteiger charge is 2.12. The van der Waals surface area contributed by atoms with Gasteiger partial charge in [-0.25, -0.2) is 4.98 Å². The summed E-state index contributed by atoms with van der Waals surface area (Å²) in [5.74, 6) is 1.05. The van der Waals surface area contributed by atoms with Crippen molar-refractivity contribution >= 4 is 16.7 Å². The summed E-state index contributed by atoms with van der Waals surface area (Å²) in [5.41, 5.74) is 5.57. The van der Waals surface area contributed by atoms with Gasteiger partial charge in [-0.05, 0) is 59.2 Å². The van der Waals surface area contributed by atoms with E-state index in [0.717, 1.165) is 59.6 Å². The molecular formula is C23H21N5. The number of anilines is 1. The van der Waals surface area contributed by atoms with E-state index in [1.165, 1.54) is 5.56 Å². The van der Waals surface area contributed by atoms with Crippen molar-refractivity contribution < 1.29 is 0 Å². The molecule has 0 amide bonds. The van der Waals surface area contributed by atoms with Gasteiger partial charge < -0.3 is 10.2 Å². The average molecular weight is 367 g/mol. The van der Waals surface area contributed by atoms with Crippen LogP contribution in [-0.4, -0.2) is 41.1 Å². The van der Waals surface area contributed by atoms with E-state index < -0.39 is 0 Å². The molecule has 0 radical (unpaired) electrons. The fourth-order valence-corrected chi connectivity index (χ4v) is 3.75. The minimum absolute atomic E-state index is 0.989. The van der Waals surface area contributed by atoms with E-state index in [2.05, 4.69) is 56.6 Å². The van der Waals surface area contributed by atoms with Gasteiger partial charge >= 0.3 is 0 Å². The van der Waals surface area contributed by atoms with Crippen LogP contribution in [0.15, 0.2) is 73.3 Å². The molecule has 0 unspecified atom stereocenters. The Kier molecular flexibility index (Phi) is 4.43. The molecule has 0 spiro atoms. The minimum Gasteiger partial charge on any atom is -0.354 e. The number of pyridine rings is 3. The fraction of sp³-hybridized carbons (Fsp3) is 0.174. The summed E-state index contributed by atoms with van der Waals surface area (Å²) in [4.78, 5) is 15.7. The van der Waals surface area contributed by atoms with Crippen molar-refractivity contribution in [2.75, 3.05) is 31.1 Å². The zero-order valence-electron chi connectivity index (χ0n) is 15.5. The Morgan fingerprint density at radius 2 is 1.57 bits per heavy atom. The molecule has 1 aliphatic heterocycles. The number of nitrogens with one attached hydrogen (secondary N) is 1. The summed E-state index contributed by atoms with van der Waals surface area (Å²) >= 11 is 0. The van der Waals surface area contributed by atoms with Gasteiger partial charge in [0.2, 0.25) is 0 Å². The lowest BCUT2D eigenvalue weighted by atomic mass is 9.98. The highest BCUT2D eigenvalue weighted by molar-refractivity contribution is 5.96. The van der Waals surface area contributed by atoms with Crippen LogP contribution in [-0.2, 0) is 0 Å². The van der Waals surface area contributed by atoms with Crippen molar-refractivity contribution in [3.8, 4) is 22.3 Å². The first-order chi connectivity index (χ1) is 13.9. The second kappa shape index (κ2) is 7.37. The Hall–Kier alpha value is -3.31.